The summed E-state index contributed by atoms with van der Waals surface area (Å²) in [6, 6.07) is 2.42. The Bertz CT molecular complexity index is 935. The zero-order valence-electron chi connectivity index (χ0n) is 15.5. The Morgan fingerprint density at radius 1 is 1.43 bits per heavy atom. The van der Waals surface area contributed by atoms with E-state index in [0.717, 1.165) is 12.3 Å². The highest BCUT2D eigenvalue weighted by Gasteiger charge is 2.35. The van der Waals surface area contributed by atoms with Crippen molar-refractivity contribution in [3.63, 3.8) is 0 Å². The highest BCUT2D eigenvalue weighted by molar-refractivity contribution is 6.34. The van der Waals surface area contributed by atoms with Crippen molar-refractivity contribution < 1.29 is 31.5 Å². The van der Waals surface area contributed by atoms with E-state index in [1.165, 1.54) is 0 Å². The minimum Gasteiger partial charge on any atom is -0.386 e. The predicted molar refractivity (Wildman–Crippen MR) is 99.7 cm³/mol. The van der Waals surface area contributed by atoms with Crippen LogP contribution in [0.4, 0.5) is 27.6 Å². The van der Waals surface area contributed by atoms with E-state index in [1.807, 2.05) is 0 Å². The molecule has 2 aromatic rings. The van der Waals surface area contributed by atoms with Crippen LogP contribution in [0.5, 0.6) is 0 Å². The molecule has 0 radical (unpaired) electrons. The van der Waals surface area contributed by atoms with Crippen LogP contribution in [0.2, 0.25) is 5.02 Å². The molecule has 1 aromatic heterocycles. The Balaban J connectivity index is 2.16. The third-order valence-corrected chi connectivity index (χ3v) is 3.89. The van der Waals surface area contributed by atoms with E-state index in [9.17, 15) is 26.7 Å². The van der Waals surface area contributed by atoms with Gasteiger partial charge in [0.05, 0.1) is 16.8 Å². The summed E-state index contributed by atoms with van der Waals surface area (Å²) >= 11 is 5.69. The molecule has 0 aliphatic rings. The first-order chi connectivity index (χ1) is 14.0. The Morgan fingerprint density at radius 2 is 2.13 bits per heavy atom. The number of nitrogens with zero attached hydrogens (tertiary/aromatic N) is 3. The molecule has 1 heterocycles. The molecule has 0 aliphatic carbocycles. The molecule has 13 heteroatoms. The number of amidine groups is 1. The second-order valence-electron chi connectivity index (χ2n) is 5.89. The Morgan fingerprint density at radius 3 is 2.73 bits per heavy atom. The normalized spacial score (nSPS) is 12.5. The number of hydrogen-bond acceptors (Lipinski definition) is 4. The Hall–Kier alpha value is -2.73. The molecular weight excluding hydrogens is 437 g/mol. The largest absolute Gasteiger partial charge is 0.386 e. The summed E-state index contributed by atoms with van der Waals surface area (Å²) in [5.41, 5.74) is 3.61. The highest BCUT2D eigenvalue weighted by Crippen LogP contribution is 2.32. The van der Waals surface area contributed by atoms with Crippen LogP contribution in [0.1, 0.15) is 29.5 Å². The average Bonchev–Trinajstić information content (AvgIpc) is 3.05. The summed E-state index contributed by atoms with van der Waals surface area (Å²) in [7, 11) is 0. The van der Waals surface area contributed by atoms with Crippen molar-refractivity contribution in [3.05, 3.63) is 46.5 Å². The molecule has 2 rings (SSSR count). The van der Waals surface area contributed by atoms with Crippen molar-refractivity contribution in [1.29, 1.82) is 0 Å². The van der Waals surface area contributed by atoms with Gasteiger partial charge in [-0.1, -0.05) is 11.6 Å². The number of ether oxygens (including phenoxy) is 1. The van der Waals surface area contributed by atoms with Gasteiger partial charge in [-0.15, -0.1) is 0 Å². The number of nitrogens with two attached hydrogens (primary N) is 1. The lowest BCUT2D eigenvalue weighted by molar-refractivity contribution is -0.0775. The lowest BCUT2D eigenvalue weighted by atomic mass is 10.1. The van der Waals surface area contributed by atoms with Gasteiger partial charge in [-0.3, -0.25) is 9.79 Å². The van der Waals surface area contributed by atoms with Gasteiger partial charge in [0, 0.05) is 12.2 Å². The lowest BCUT2D eigenvalue weighted by Gasteiger charge is -2.18. The van der Waals surface area contributed by atoms with Crippen LogP contribution in [0.25, 0.3) is 0 Å². The third kappa shape index (κ3) is 5.89. The summed E-state index contributed by atoms with van der Waals surface area (Å²) in [4.78, 5) is 15.9. The smallest absolute Gasteiger partial charge is 0.333 e. The fourth-order valence-electron chi connectivity index (χ4n) is 2.31. The van der Waals surface area contributed by atoms with Gasteiger partial charge in [-0.05, 0) is 25.1 Å². The minimum absolute atomic E-state index is 0.00917. The van der Waals surface area contributed by atoms with Gasteiger partial charge in [-0.2, -0.15) is 22.7 Å². The predicted octanol–water partition coefficient (Wildman–Crippen LogP) is 3.81. The third-order valence-electron chi connectivity index (χ3n) is 3.62. The molecule has 0 saturated carbocycles. The van der Waals surface area contributed by atoms with E-state index in [4.69, 9.17) is 22.1 Å². The number of anilines is 1. The molecule has 7 nitrogen and oxygen atoms in total. The number of rotatable bonds is 9. The van der Waals surface area contributed by atoms with Crippen LogP contribution in [-0.2, 0) is 10.7 Å². The van der Waals surface area contributed by atoms with Gasteiger partial charge in [0.2, 0.25) is 0 Å². The summed E-state index contributed by atoms with van der Waals surface area (Å²) < 4.78 is 72.9. The second-order valence-corrected chi connectivity index (χ2v) is 6.30. The summed E-state index contributed by atoms with van der Waals surface area (Å²) in [6.45, 7) is -2.54. The van der Waals surface area contributed by atoms with E-state index in [1.54, 1.807) is 6.92 Å². The topological polar surface area (TPSA) is 94.5 Å². The molecule has 30 heavy (non-hydrogen) atoms. The molecule has 0 aliphatic heterocycles. The number of benzene rings is 1. The maximum Gasteiger partial charge on any atom is 0.333 e. The van der Waals surface area contributed by atoms with Gasteiger partial charge < -0.3 is 15.8 Å². The molecule has 0 atom stereocenters. The average molecular weight is 454 g/mol. The molecule has 1 amide bonds. The first-order valence-electron chi connectivity index (χ1n) is 8.43. The SMILES string of the molecule is CCN=C(N)COCC(F)(F)c1cc(NC(=O)c2nn(C(F)F)cc2Cl)ccc1F. The van der Waals surface area contributed by atoms with Crippen LogP contribution < -0.4 is 11.1 Å². The van der Waals surface area contributed by atoms with Crippen molar-refractivity contribution in [2.45, 2.75) is 19.4 Å². The van der Waals surface area contributed by atoms with Crippen molar-refractivity contribution in [2.75, 3.05) is 25.1 Å². The Kier molecular flexibility index (Phi) is 7.73. The van der Waals surface area contributed by atoms with Crippen molar-refractivity contribution in [2.24, 2.45) is 10.7 Å². The molecule has 0 fully saturated rings. The lowest BCUT2D eigenvalue weighted by Crippen LogP contribution is -2.27. The molecule has 1 aromatic carbocycles. The van der Waals surface area contributed by atoms with E-state index in [-0.39, 0.29) is 27.8 Å². The maximum absolute atomic E-state index is 14.4. The zero-order chi connectivity index (χ0) is 22.5. The van der Waals surface area contributed by atoms with Gasteiger partial charge in [0.1, 0.15) is 24.9 Å². The monoisotopic (exact) mass is 453 g/mol. The van der Waals surface area contributed by atoms with Gasteiger partial charge >= 0.3 is 6.55 Å². The fourth-order valence-corrected chi connectivity index (χ4v) is 2.53. The Labute approximate surface area is 172 Å². The number of hydrogen-bond donors (Lipinski definition) is 2. The van der Waals surface area contributed by atoms with Crippen molar-refractivity contribution in [1.82, 2.24) is 9.78 Å². The second kappa shape index (κ2) is 9.85. The molecule has 164 valence electrons. The van der Waals surface area contributed by atoms with E-state index in [0.29, 0.717) is 18.7 Å². The number of carbonyl (C=O) groups excluding carboxylic acids is 1. The molecule has 0 unspecified atom stereocenters. The number of halogens is 6. The van der Waals surface area contributed by atoms with Crippen LogP contribution in [0, 0.1) is 5.82 Å². The number of carbonyl (C=O) groups is 1. The van der Waals surface area contributed by atoms with Gasteiger partial charge in [0.15, 0.2) is 5.69 Å². The van der Waals surface area contributed by atoms with Gasteiger partial charge in [-0.25, -0.2) is 9.07 Å². The quantitative estimate of drug-likeness (QED) is 0.343. The number of aliphatic imine (C=N–C) groups is 1. The van der Waals surface area contributed by atoms with Crippen LogP contribution in [0.3, 0.4) is 0 Å². The number of aromatic nitrogens is 2. The van der Waals surface area contributed by atoms with Crippen molar-refractivity contribution in [3.8, 4) is 0 Å². The van der Waals surface area contributed by atoms with E-state index >= 15 is 0 Å². The first kappa shape index (κ1) is 23.5. The molecule has 0 bridgehead atoms. The summed E-state index contributed by atoms with van der Waals surface area (Å²) in [5.74, 6) is -6.03. The molecular formula is C17H17ClF5N5O2. The first-order valence-corrected chi connectivity index (χ1v) is 8.81. The molecule has 3 N–H and O–H groups in total. The van der Waals surface area contributed by atoms with Crippen LogP contribution in [0.15, 0.2) is 29.4 Å². The van der Waals surface area contributed by atoms with Crippen LogP contribution >= 0.6 is 11.6 Å². The number of alkyl halides is 4. The zero-order valence-corrected chi connectivity index (χ0v) is 16.3. The molecule has 0 saturated heterocycles. The number of amides is 1. The van der Waals surface area contributed by atoms with Crippen molar-refractivity contribution >= 4 is 29.0 Å². The van der Waals surface area contributed by atoms with E-state index in [2.05, 4.69) is 15.4 Å². The van der Waals surface area contributed by atoms with Crippen LogP contribution in [-0.4, -0.2) is 41.3 Å². The highest BCUT2D eigenvalue weighted by atomic mass is 35.5. The maximum atomic E-state index is 14.4. The van der Waals surface area contributed by atoms with E-state index < -0.39 is 42.1 Å². The fraction of sp³-hybridized carbons (Fsp3) is 0.353. The number of nitrogens with one attached hydrogen (secondary N) is 1. The standard InChI is InChI=1S/C17H17ClF5N5O2/c1-2-25-13(24)7-30-8-17(22,23)10-5-9(3-4-12(10)19)26-15(29)14-11(18)6-28(27-14)16(20)21/h3-6,16H,2,7-8H2,1H3,(H2,24,25)(H,26,29). The summed E-state index contributed by atoms with van der Waals surface area (Å²) in [6.07, 6.45) is 0.732. The summed E-state index contributed by atoms with van der Waals surface area (Å²) in [5, 5.41) is 5.11. The molecule has 0 spiro atoms. The van der Waals surface area contributed by atoms with Gasteiger partial charge in [0.25, 0.3) is 11.8 Å². The minimum atomic E-state index is -3.76.